The fourth-order valence-corrected chi connectivity index (χ4v) is 2.91. The first-order valence-corrected chi connectivity index (χ1v) is 7.37. The Labute approximate surface area is 116 Å². The highest BCUT2D eigenvalue weighted by Crippen LogP contribution is 2.11. The molecule has 0 spiro atoms. The topological polar surface area (TPSA) is 29.3 Å². The number of nitrogens with zero attached hydrogens (tertiary/aromatic N) is 2. The summed E-state index contributed by atoms with van der Waals surface area (Å²) in [5.41, 5.74) is 3.89. The molecule has 19 heavy (non-hydrogen) atoms. The highest BCUT2D eigenvalue weighted by Gasteiger charge is 2.02. The van der Waals surface area contributed by atoms with Gasteiger partial charge in [0, 0.05) is 24.3 Å². The van der Waals surface area contributed by atoms with Crippen molar-refractivity contribution in [3.8, 4) is 0 Å². The normalized spacial score (nSPS) is 11.2. The zero-order chi connectivity index (χ0) is 13.1. The second-order valence-electron chi connectivity index (χ2n) is 4.68. The van der Waals surface area contributed by atoms with Gasteiger partial charge in [0.15, 0.2) is 4.96 Å². The molecule has 0 aliphatic carbocycles. The second-order valence-corrected chi connectivity index (χ2v) is 5.55. The van der Waals surface area contributed by atoms with E-state index in [1.165, 1.54) is 11.1 Å². The summed E-state index contributed by atoms with van der Waals surface area (Å²) >= 11 is 1.67. The molecule has 0 aliphatic rings. The molecule has 0 saturated carbocycles. The second kappa shape index (κ2) is 5.55. The molecule has 4 heteroatoms. The molecule has 0 unspecified atom stereocenters. The van der Waals surface area contributed by atoms with E-state index in [1.807, 2.05) is 6.20 Å². The van der Waals surface area contributed by atoms with Crippen LogP contribution in [-0.4, -0.2) is 15.9 Å². The van der Waals surface area contributed by atoms with Gasteiger partial charge in [-0.3, -0.25) is 4.40 Å². The van der Waals surface area contributed by atoms with Crippen LogP contribution in [0.15, 0.2) is 42.0 Å². The molecule has 0 amide bonds. The summed E-state index contributed by atoms with van der Waals surface area (Å²) in [5, 5.41) is 5.51. The summed E-state index contributed by atoms with van der Waals surface area (Å²) in [5.74, 6) is 0. The molecule has 0 atom stereocenters. The van der Waals surface area contributed by atoms with E-state index in [-0.39, 0.29) is 0 Å². The van der Waals surface area contributed by atoms with Crippen LogP contribution in [0.5, 0.6) is 0 Å². The van der Waals surface area contributed by atoms with Crippen molar-refractivity contribution in [1.82, 2.24) is 14.7 Å². The average Bonchev–Trinajstić information content (AvgIpc) is 2.97. The van der Waals surface area contributed by atoms with Crippen molar-refractivity contribution in [2.24, 2.45) is 0 Å². The van der Waals surface area contributed by atoms with E-state index < -0.39 is 0 Å². The van der Waals surface area contributed by atoms with Gasteiger partial charge in [-0.1, -0.05) is 24.3 Å². The maximum atomic E-state index is 4.55. The van der Waals surface area contributed by atoms with Crippen LogP contribution in [0.2, 0.25) is 0 Å². The smallest absolute Gasteiger partial charge is 0.193 e. The van der Waals surface area contributed by atoms with Crippen LogP contribution in [-0.2, 0) is 13.0 Å². The Morgan fingerprint density at radius 1 is 1.32 bits per heavy atom. The van der Waals surface area contributed by atoms with Crippen molar-refractivity contribution < 1.29 is 0 Å². The van der Waals surface area contributed by atoms with Crippen molar-refractivity contribution in [2.75, 3.05) is 6.54 Å². The van der Waals surface area contributed by atoms with E-state index in [2.05, 4.69) is 57.5 Å². The lowest BCUT2D eigenvalue weighted by Crippen LogP contribution is -2.17. The quantitative estimate of drug-likeness (QED) is 0.723. The van der Waals surface area contributed by atoms with Gasteiger partial charge in [-0.15, -0.1) is 11.3 Å². The fourth-order valence-electron chi connectivity index (χ4n) is 2.19. The standard InChI is InChI=1S/C15H17N3S/c1-12-4-2-3-5-13(12)6-7-16-10-14-11-18-8-9-19-15(18)17-14/h2-5,8-9,11,16H,6-7,10H2,1H3. The molecular weight excluding hydrogens is 254 g/mol. The first-order valence-electron chi connectivity index (χ1n) is 6.49. The van der Waals surface area contributed by atoms with E-state index in [4.69, 9.17) is 0 Å². The van der Waals surface area contributed by atoms with Gasteiger partial charge in [0.1, 0.15) is 0 Å². The van der Waals surface area contributed by atoms with Crippen molar-refractivity contribution in [3.63, 3.8) is 0 Å². The number of nitrogens with one attached hydrogen (secondary N) is 1. The van der Waals surface area contributed by atoms with E-state index >= 15 is 0 Å². The highest BCUT2D eigenvalue weighted by atomic mass is 32.1. The Bertz CT molecular complexity index is 640. The van der Waals surface area contributed by atoms with Crippen molar-refractivity contribution >= 4 is 16.3 Å². The van der Waals surface area contributed by atoms with E-state index in [9.17, 15) is 0 Å². The number of benzene rings is 1. The summed E-state index contributed by atoms with van der Waals surface area (Å²) in [7, 11) is 0. The first-order chi connectivity index (χ1) is 9.33. The molecule has 0 saturated heterocycles. The van der Waals surface area contributed by atoms with Crippen LogP contribution in [0.25, 0.3) is 4.96 Å². The molecular formula is C15H17N3S. The predicted octanol–water partition coefficient (Wildman–Crippen LogP) is 3.04. The average molecular weight is 271 g/mol. The van der Waals surface area contributed by atoms with Crippen molar-refractivity contribution in [1.29, 1.82) is 0 Å². The summed E-state index contributed by atoms with van der Waals surface area (Å²) in [6.45, 7) is 3.98. The Hall–Kier alpha value is -1.65. The molecule has 3 aromatic rings. The van der Waals surface area contributed by atoms with Gasteiger partial charge in [-0.05, 0) is 31.0 Å². The zero-order valence-electron chi connectivity index (χ0n) is 11.0. The first kappa shape index (κ1) is 12.4. The Balaban J connectivity index is 1.51. The number of thiazole rings is 1. The molecule has 98 valence electrons. The van der Waals surface area contributed by atoms with E-state index in [1.54, 1.807) is 11.3 Å². The number of rotatable bonds is 5. The largest absolute Gasteiger partial charge is 0.311 e. The van der Waals surface area contributed by atoms with Gasteiger partial charge < -0.3 is 5.32 Å². The predicted molar refractivity (Wildman–Crippen MR) is 79.7 cm³/mol. The van der Waals surface area contributed by atoms with E-state index in [0.717, 1.165) is 30.2 Å². The molecule has 2 aromatic heterocycles. The van der Waals surface area contributed by atoms with Gasteiger partial charge in [0.2, 0.25) is 0 Å². The summed E-state index contributed by atoms with van der Waals surface area (Å²) in [6, 6.07) is 8.55. The minimum absolute atomic E-state index is 0.834. The molecule has 0 radical (unpaired) electrons. The van der Waals surface area contributed by atoms with Crippen LogP contribution in [0.3, 0.4) is 0 Å². The lowest BCUT2D eigenvalue weighted by Gasteiger charge is -2.06. The molecule has 3 nitrogen and oxygen atoms in total. The van der Waals surface area contributed by atoms with Gasteiger partial charge in [0.05, 0.1) is 5.69 Å². The third-order valence-electron chi connectivity index (χ3n) is 3.28. The number of imidazole rings is 1. The molecule has 0 bridgehead atoms. The SMILES string of the molecule is Cc1ccccc1CCNCc1cn2ccsc2n1. The van der Waals surface area contributed by atoms with Crippen molar-refractivity contribution in [2.45, 2.75) is 19.9 Å². The Morgan fingerprint density at radius 2 is 2.21 bits per heavy atom. The minimum Gasteiger partial charge on any atom is -0.311 e. The summed E-state index contributed by atoms with van der Waals surface area (Å²) in [6.07, 6.45) is 5.20. The zero-order valence-corrected chi connectivity index (χ0v) is 11.8. The highest BCUT2D eigenvalue weighted by molar-refractivity contribution is 7.15. The lowest BCUT2D eigenvalue weighted by molar-refractivity contribution is 0.676. The summed E-state index contributed by atoms with van der Waals surface area (Å²) < 4.78 is 2.07. The number of fused-ring (bicyclic) bond motifs is 1. The molecule has 1 N–H and O–H groups in total. The molecule has 0 aliphatic heterocycles. The molecule has 2 heterocycles. The summed E-state index contributed by atoms with van der Waals surface area (Å²) in [4.78, 5) is 5.62. The number of aromatic nitrogens is 2. The van der Waals surface area contributed by atoms with Crippen LogP contribution < -0.4 is 5.32 Å². The van der Waals surface area contributed by atoms with Crippen LogP contribution in [0, 0.1) is 6.92 Å². The maximum absolute atomic E-state index is 4.55. The molecule has 1 aromatic carbocycles. The van der Waals surface area contributed by atoms with Gasteiger partial charge in [-0.25, -0.2) is 4.98 Å². The third-order valence-corrected chi connectivity index (χ3v) is 4.05. The molecule has 0 fully saturated rings. The number of hydrogen-bond acceptors (Lipinski definition) is 3. The van der Waals surface area contributed by atoms with Crippen LogP contribution >= 0.6 is 11.3 Å². The minimum atomic E-state index is 0.834. The Kier molecular flexibility index (Phi) is 3.62. The monoisotopic (exact) mass is 271 g/mol. The lowest BCUT2D eigenvalue weighted by atomic mass is 10.1. The Morgan fingerprint density at radius 3 is 3.05 bits per heavy atom. The third kappa shape index (κ3) is 2.85. The van der Waals surface area contributed by atoms with Gasteiger partial charge in [-0.2, -0.15) is 0 Å². The fraction of sp³-hybridized carbons (Fsp3) is 0.267. The molecule has 3 rings (SSSR count). The number of aryl methyl sites for hydroxylation is 1. The van der Waals surface area contributed by atoms with Crippen LogP contribution in [0.4, 0.5) is 0 Å². The van der Waals surface area contributed by atoms with Crippen LogP contribution in [0.1, 0.15) is 16.8 Å². The van der Waals surface area contributed by atoms with E-state index in [0.29, 0.717) is 0 Å². The van der Waals surface area contributed by atoms with Crippen molar-refractivity contribution in [3.05, 3.63) is 58.9 Å². The van der Waals surface area contributed by atoms with Gasteiger partial charge in [0.25, 0.3) is 0 Å². The van der Waals surface area contributed by atoms with Gasteiger partial charge >= 0.3 is 0 Å². The maximum Gasteiger partial charge on any atom is 0.193 e. The number of hydrogen-bond donors (Lipinski definition) is 1.